The summed E-state index contributed by atoms with van der Waals surface area (Å²) < 4.78 is 5.12. The molecule has 1 aliphatic rings. The number of ether oxygens (including phenoxy) is 1. The van der Waals surface area contributed by atoms with Crippen molar-refractivity contribution in [2.24, 2.45) is 0 Å². The van der Waals surface area contributed by atoms with E-state index in [1.807, 2.05) is 35.2 Å². The molecule has 0 saturated heterocycles. The van der Waals surface area contributed by atoms with Gasteiger partial charge in [0, 0.05) is 48.4 Å². The third-order valence-corrected chi connectivity index (χ3v) is 4.94. The normalized spacial score (nSPS) is 14.5. The third kappa shape index (κ3) is 3.16. The summed E-state index contributed by atoms with van der Waals surface area (Å²) in [6.45, 7) is 1.95. The van der Waals surface area contributed by atoms with Gasteiger partial charge in [0.25, 0.3) is 5.91 Å². The molecule has 0 fully saturated rings. The van der Waals surface area contributed by atoms with Crippen LogP contribution in [0.2, 0.25) is 0 Å². The van der Waals surface area contributed by atoms with E-state index in [0.717, 1.165) is 29.6 Å². The van der Waals surface area contributed by atoms with E-state index in [1.165, 1.54) is 16.5 Å². The maximum Gasteiger partial charge on any atom is 0.254 e. The Balaban J connectivity index is 1.49. The molecule has 2 heterocycles. The van der Waals surface area contributed by atoms with Gasteiger partial charge >= 0.3 is 0 Å². The fourth-order valence-corrected chi connectivity index (χ4v) is 3.53. The Bertz CT molecular complexity index is 954. The molecule has 132 valence electrons. The van der Waals surface area contributed by atoms with Crippen LogP contribution in [0.1, 0.15) is 27.9 Å². The molecule has 0 aliphatic carbocycles. The van der Waals surface area contributed by atoms with Crippen LogP contribution < -0.4 is 0 Å². The summed E-state index contributed by atoms with van der Waals surface area (Å²) in [7, 11) is 1.67. The van der Waals surface area contributed by atoms with Crippen LogP contribution in [0.15, 0.2) is 60.8 Å². The molecule has 1 N–H and O–H groups in total. The number of nitrogens with zero attached hydrogens (tertiary/aromatic N) is 1. The smallest absolute Gasteiger partial charge is 0.254 e. The number of aromatic amines is 1. The second-order valence-corrected chi connectivity index (χ2v) is 6.61. The van der Waals surface area contributed by atoms with Crippen LogP contribution in [0.25, 0.3) is 16.5 Å². The molecule has 4 nitrogen and oxygen atoms in total. The van der Waals surface area contributed by atoms with Gasteiger partial charge in [0.15, 0.2) is 0 Å². The minimum atomic E-state index is 0.0863. The quantitative estimate of drug-likeness (QED) is 0.768. The second-order valence-electron chi connectivity index (χ2n) is 6.61. The van der Waals surface area contributed by atoms with Crippen molar-refractivity contribution in [1.82, 2.24) is 9.88 Å². The van der Waals surface area contributed by atoms with Crippen molar-refractivity contribution < 1.29 is 9.53 Å². The van der Waals surface area contributed by atoms with Gasteiger partial charge in [0.2, 0.25) is 0 Å². The van der Waals surface area contributed by atoms with E-state index < -0.39 is 0 Å². The average Bonchev–Trinajstić information content (AvgIpc) is 3.13. The van der Waals surface area contributed by atoms with Gasteiger partial charge in [-0.15, -0.1) is 0 Å². The predicted molar refractivity (Wildman–Crippen MR) is 104 cm³/mol. The first-order valence-corrected chi connectivity index (χ1v) is 8.89. The Morgan fingerprint density at radius 1 is 1.15 bits per heavy atom. The van der Waals surface area contributed by atoms with Crippen LogP contribution in [0, 0.1) is 0 Å². The van der Waals surface area contributed by atoms with Crippen LogP contribution in [-0.4, -0.2) is 36.0 Å². The topological polar surface area (TPSA) is 45.3 Å². The summed E-state index contributed by atoms with van der Waals surface area (Å²) in [5.74, 6) is 0.0863. The summed E-state index contributed by atoms with van der Waals surface area (Å²) >= 11 is 0. The van der Waals surface area contributed by atoms with Crippen molar-refractivity contribution >= 4 is 22.4 Å². The highest BCUT2D eigenvalue weighted by Gasteiger charge is 2.20. The number of carbonyl (C=O) groups is 1. The molecule has 0 saturated carbocycles. The minimum Gasteiger partial charge on any atom is -0.380 e. The predicted octanol–water partition coefficient (Wildman–Crippen LogP) is 4.24. The van der Waals surface area contributed by atoms with Crippen molar-refractivity contribution in [3.8, 4) is 0 Å². The van der Waals surface area contributed by atoms with Gasteiger partial charge in [-0.2, -0.15) is 0 Å². The molecule has 1 aromatic heterocycles. The Morgan fingerprint density at radius 3 is 2.69 bits per heavy atom. The maximum atomic E-state index is 12.7. The lowest BCUT2D eigenvalue weighted by Gasteiger charge is -2.26. The van der Waals surface area contributed by atoms with Crippen molar-refractivity contribution in [3.05, 3.63) is 77.5 Å². The van der Waals surface area contributed by atoms with Gasteiger partial charge in [0.1, 0.15) is 0 Å². The van der Waals surface area contributed by atoms with Crippen molar-refractivity contribution in [2.75, 3.05) is 20.2 Å². The first-order chi connectivity index (χ1) is 12.8. The summed E-state index contributed by atoms with van der Waals surface area (Å²) in [6, 6.07) is 16.0. The Morgan fingerprint density at radius 2 is 1.96 bits per heavy atom. The molecular formula is C22H22N2O2. The van der Waals surface area contributed by atoms with Gasteiger partial charge in [0.05, 0.1) is 6.61 Å². The second kappa shape index (κ2) is 7.18. The van der Waals surface area contributed by atoms with Gasteiger partial charge < -0.3 is 14.6 Å². The Kier molecular flexibility index (Phi) is 4.59. The Labute approximate surface area is 153 Å². The zero-order valence-electron chi connectivity index (χ0n) is 14.9. The molecule has 0 spiro atoms. The third-order valence-electron chi connectivity index (χ3n) is 4.94. The van der Waals surface area contributed by atoms with Crippen molar-refractivity contribution in [2.45, 2.75) is 13.0 Å². The van der Waals surface area contributed by atoms with Gasteiger partial charge in [-0.3, -0.25) is 4.79 Å². The number of hydrogen-bond donors (Lipinski definition) is 1. The average molecular weight is 346 g/mol. The maximum absolute atomic E-state index is 12.7. The number of fused-ring (bicyclic) bond motifs is 1. The molecule has 0 atom stereocenters. The zero-order chi connectivity index (χ0) is 17.9. The SMILES string of the molecule is COCc1ccc(C(=O)N2CC=C(c3c[nH]c4ccccc34)CC2)cc1. The molecule has 3 aromatic rings. The lowest BCUT2D eigenvalue weighted by atomic mass is 9.98. The van der Waals surface area contributed by atoms with Gasteiger partial charge in [-0.25, -0.2) is 0 Å². The number of amides is 1. The Hall–Kier alpha value is -2.85. The summed E-state index contributed by atoms with van der Waals surface area (Å²) in [5, 5.41) is 1.24. The van der Waals surface area contributed by atoms with E-state index in [-0.39, 0.29) is 5.91 Å². The monoisotopic (exact) mass is 346 g/mol. The van der Waals surface area contributed by atoms with E-state index in [9.17, 15) is 4.79 Å². The summed E-state index contributed by atoms with van der Waals surface area (Å²) in [6.07, 6.45) is 5.12. The number of aromatic nitrogens is 1. The summed E-state index contributed by atoms with van der Waals surface area (Å²) in [5.41, 5.74) is 5.51. The highest BCUT2D eigenvalue weighted by atomic mass is 16.5. The van der Waals surface area contributed by atoms with E-state index in [4.69, 9.17) is 4.74 Å². The molecule has 4 heteroatoms. The molecule has 26 heavy (non-hydrogen) atoms. The number of nitrogens with one attached hydrogen (secondary N) is 1. The number of methoxy groups -OCH3 is 1. The molecule has 0 unspecified atom stereocenters. The fraction of sp³-hybridized carbons (Fsp3) is 0.227. The first kappa shape index (κ1) is 16.6. The number of H-pyrrole nitrogens is 1. The number of hydrogen-bond acceptors (Lipinski definition) is 2. The summed E-state index contributed by atoms with van der Waals surface area (Å²) in [4.78, 5) is 18.0. The lowest BCUT2D eigenvalue weighted by molar-refractivity contribution is 0.0773. The molecular weight excluding hydrogens is 324 g/mol. The van der Waals surface area contributed by atoms with Gasteiger partial charge in [-0.05, 0) is 35.8 Å². The van der Waals surface area contributed by atoms with Crippen LogP contribution >= 0.6 is 0 Å². The highest BCUT2D eigenvalue weighted by molar-refractivity contribution is 5.96. The number of rotatable bonds is 4. The van der Waals surface area contributed by atoms with Crippen molar-refractivity contribution in [1.29, 1.82) is 0 Å². The zero-order valence-corrected chi connectivity index (χ0v) is 14.9. The van der Waals surface area contributed by atoms with E-state index in [2.05, 4.69) is 35.5 Å². The molecule has 4 rings (SSSR count). The number of carbonyl (C=O) groups excluding carboxylic acids is 1. The largest absolute Gasteiger partial charge is 0.380 e. The molecule has 0 radical (unpaired) electrons. The lowest BCUT2D eigenvalue weighted by Crippen LogP contribution is -2.34. The van der Waals surface area contributed by atoms with Crippen molar-refractivity contribution in [3.63, 3.8) is 0 Å². The number of para-hydroxylation sites is 1. The van der Waals surface area contributed by atoms with Crippen LogP contribution in [0.4, 0.5) is 0 Å². The number of benzene rings is 2. The van der Waals surface area contributed by atoms with E-state index in [0.29, 0.717) is 13.2 Å². The van der Waals surface area contributed by atoms with Gasteiger partial charge in [-0.1, -0.05) is 36.4 Å². The minimum absolute atomic E-state index is 0.0863. The fourth-order valence-electron chi connectivity index (χ4n) is 3.53. The van der Waals surface area contributed by atoms with Crippen LogP contribution in [0.5, 0.6) is 0 Å². The van der Waals surface area contributed by atoms with Crippen LogP contribution in [0.3, 0.4) is 0 Å². The molecule has 2 aromatic carbocycles. The molecule has 1 amide bonds. The van der Waals surface area contributed by atoms with Crippen LogP contribution in [-0.2, 0) is 11.3 Å². The van der Waals surface area contributed by atoms with E-state index >= 15 is 0 Å². The highest BCUT2D eigenvalue weighted by Crippen LogP contribution is 2.29. The first-order valence-electron chi connectivity index (χ1n) is 8.89. The molecule has 0 bridgehead atoms. The molecule has 1 aliphatic heterocycles. The standard InChI is InChI=1S/C22H22N2O2/c1-26-15-16-6-8-18(9-7-16)22(25)24-12-10-17(11-13-24)20-14-23-21-5-3-2-4-19(20)21/h2-10,14,23H,11-13,15H2,1H3. The van der Waals surface area contributed by atoms with E-state index in [1.54, 1.807) is 7.11 Å².